The lowest BCUT2D eigenvalue weighted by atomic mass is 10.0. The van der Waals surface area contributed by atoms with Gasteiger partial charge in [0.05, 0.1) is 64.8 Å². The number of aromatic nitrogens is 1. The number of carbonyl (C=O) groups is 4. The van der Waals surface area contributed by atoms with Gasteiger partial charge < -0.3 is 39.3 Å². The number of hydrogen-bond donors (Lipinski definition) is 2. The molecule has 2 fully saturated rings. The number of aryl methyl sites for hydroxylation is 1. The number of anilines is 2. The van der Waals surface area contributed by atoms with Crippen molar-refractivity contribution in [1.29, 1.82) is 5.26 Å². The van der Waals surface area contributed by atoms with E-state index in [1.807, 2.05) is 45.0 Å². The van der Waals surface area contributed by atoms with Crippen molar-refractivity contribution in [3.05, 3.63) is 106 Å². The fourth-order valence-electron chi connectivity index (χ4n) is 8.45. The Hall–Kier alpha value is -6.40. The Labute approximate surface area is 400 Å². The van der Waals surface area contributed by atoms with Crippen molar-refractivity contribution in [1.82, 2.24) is 20.1 Å². The number of nitrogens with one attached hydrogen (secondary N) is 1. The van der Waals surface area contributed by atoms with Crippen molar-refractivity contribution in [2.45, 2.75) is 77.5 Å². The van der Waals surface area contributed by atoms with Crippen LogP contribution in [0.15, 0.2) is 84.1 Å². The molecule has 4 amide bonds. The smallest absolute Gasteiger partial charge is 0.417 e. The number of nitriles is 1. The second-order valence-electron chi connectivity index (χ2n) is 17.3. The van der Waals surface area contributed by atoms with Gasteiger partial charge in [-0.3, -0.25) is 24.1 Å². The summed E-state index contributed by atoms with van der Waals surface area (Å²) in [7, 11) is 0. The number of thiazole rings is 1. The lowest BCUT2D eigenvalue weighted by molar-refractivity contribution is -0.147. The largest absolute Gasteiger partial charge is 0.493 e. The van der Waals surface area contributed by atoms with Crippen LogP contribution in [0.25, 0.3) is 10.4 Å². The molecular formula is C48H50F3N7O8S2. The summed E-state index contributed by atoms with van der Waals surface area (Å²) in [5, 5.41) is 22.7. The number of hydrogen-bond acceptors (Lipinski definition) is 12. The zero-order valence-corrected chi connectivity index (χ0v) is 39.5. The second kappa shape index (κ2) is 20.4. The fourth-order valence-corrected chi connectivity index (χ4v) is 9.79. The maximum atomic E-state index is 14.1. The van der Waals surface area contributed by atoms with Gasteiger partial charge in [-0.1, -0.05) is 38.1 Å². The summed E-state index contributed by atoms with van der Waals surface area (Å²) in [5.41, 5.74) is 2.05. The molecule has 0 spiro atoms. The van der Waals surface area contributed by atoms with Crippen molar-refractivity contribution >= 4 is 63.7 Å². The SMILES string of the molecule is Cc1ncsc1-c1ccc(CNC(=O)[C@@H]2C[C@@H](O)CN2C(=O)C(C(C)C)N2CC(OCCOCCOc3ccc(N4C(=S)N(c5ccc(C#N)c(C(F)(F)F)c5)C(=O)C4(C)C)cc3)=CC2=O)cc1. The molecule has 2 saturated heterocycles. The minimum absolute atomic E-state index is 0.0317. The number of β-amino-alcohol motifs (C(OH)–C–C–N with tert-alkyl or cyclic N) is 1. The van der Waals surface area contributed by atoms with E-state index in [9.17, 15) is 42.7 Å². The van der Waals surface area contributed by atoms with Crippen molar-refractivity contribution in [2.24, 2.45) is 5.92 Å². The first-order chi connectivity index (χ1) is 32.3. The van der Waals surface area contributed by atoms with Crippen LogP contribution in [0.5, 0.6) is 5.75 Å². The van der Waals surface area contributed by atoms with Gasteiger partial charge in [0.15, 0.2) is 5.11 Å². The highest BCUT2D eigenvalue weighted by atomic mass is 32.1. The highest BCUT2D eigenvalue weighted by Crippen LogP contribution is 2.40. The number of aliphatic hydroxyl groups excluding tert-OH is 1. The van der Waals surface area contributed by atoms with E-state index in [1.54, 1.807) is 59.9 Å². The zero-order valence-electron chi connectivity index (χ0n) is 37.9. The van der Waals surface area contributed by atoms with E-state index in [2.05, 4.69) is 10.3 Å². The van der Waals surface area contributed by atoms with Crippen LogP contribution in [-0.4, -0.2) is 112 Å². The molecule has 3 aliphatic heterocycles. The van der Waals surface area contributed by atoms with E-state index < -0.39 is 64.7 Å². The second-order valence-corrected chi connectivity index (χ2v) is 18.5. The van der Waals surface area contributed by atoms with Gasteiger partial charge in [-0.05, 0) is 92.5 Å². The molecule has 1 unspecified atom stereocenters. The van der Waals surface area contributed by atoms with Crippen LogP contribution in [-0.2, 0) is 41.4 Å². The highest BCUT2D eigenvalue weighted by Gasteiger charge is 2.51. The number of ether oxygens (including phenoxy) is 3. The summed E-state index contributed by atoms with van der Waals surface area (Å²) in [6.45, 7) is 9.65. The average Bonchev–Trinajstić information content (AvgIpc) is 4.05. The Balaban J connectivity index is 0.851. The first kappa shape index (κ1) is 49.5. The Bertz CT molecular complexity index is 2630. The minimum atomic E-state index is -4.82. The predicted octanol–water partition coefficient (Wildman–Crippen LogP) is 6.37. The van der Waals surface area contributed by atoms with Crippen molar-refractivity contribution in [2.75, 3.05) is 49.3 Å². The van der Waals surface area contributed by atoms with Crippen molar-refractivity contribution in [3.8, 4) is 22.3 Å². The van der Waals surface area contributed by atoms with Crippen LogP contribution in [0.3, 0.4) is 0 Å². The fraction of sp³-hybridized carbons (Fsp3) is 0.396. The van der Waals surface area contributed by atoms with Gasteiger partial charge in [-0.15, -0.1) is 11.3 Å². The molecule has 0 aliphatic carbocycles. The summed E-state index contributed by atoms with van der Waals surface area (Å²) in [5.74, 6) is -1.27. The topological polar surface area (TPSA) is 178 Å². The molecule has 3 aliphatic rings. The number of carbonyl (C=O) groups excluding carboxylic acids is 4. The van der Waals surface area contributed by atoms with E-state index in [1.165, 1.54) is 28.0 Å². The molecule has 20 heteroatoms. The molecule has 68 heavy (non-hydrogen) atoms. The molecule has 0 bridgehead atoms. The first-order valence-electron chi connectivity index (χ1n) is 21.8. The Morgan fingerprint density at radius 2 is 1.69 bits per heavy atom. The number of alkyl halides is 3. The molecule has 1 aromatic heterocycles. The van der Waals surface area contributed by atoms with Crippen LogP contribution in [0.2, 0.25) is 0 Å². The molecule has 0 radical (unpaired) electrons. The van der Waals surface area contributed by atoms with Crippen molar-refractivity contribution in [3.63, 3.8) is 0 Å². The van der Waals surface area contributed by atoms with E-state index in [0.29, 0.717) is 17.2 Å². The third kappa shape index (κ3) is 10.5. The molecule has 358 valence electrons. The van der Waals surface area contributed by atoms with E-state index >= 15 is 0 Å². The molecule has 4 heterocycles. The standard InChI is InChI=1S/C48H50F3N7O8S2/c1-28(2)41(44(62)55-25-35(59)21-39(55)43(61)53-24-30-6-8-31(9-7-30)42-29(3)54-27-68-42)56-26-37(22-40(56)60)66-19-17-64-16-18-65-36-14-12-33(13-15-36)58-46(67)57(45(63)47(58,4)5)34-11-10-32(23-52)38(20-34)48(49,50)51/h6-15,20,22,27-28,35,39,41,59H,16-19,21,24-26H2,1-5H3,(H,53,61)/t35-,39+,41?/m1/s1. The van der Waals surface area contributed by atoms with Gasteiger partial charge >= 0.3 is 6.18 Å². The number of aliphatic hydroxyl groups is 1. The van der Waals surface area contributed by atoms with Gasteiger partial charge in [0.2, 0.25) is 11.8 Å². The minimum Gasteiger partial charge on any atom is -0.493 e. The van der Waals surface area contributed by atoms with Crippen LogP contribution in [0, 0.1) is 24.2 Å². The number of nitrogens with zero attached hydrogens (tertiary/aromatic N) is 6. The number of halogens is 3. The third-order valence-corrected chi connectivity index (χ3v) is 13.2. The Morgan fingerprint density at radius 3 is 2.32 bits per heavy atom. The van der Waals surface area contributed by atoms with Gasteiger partial charge in [-0.2, -0.15) is 18.4 Å². The average molecular weight is 974 g/mol. The lowest BCUT2D eigenvalue weighted by Crippen LogP contribution is -2.55. The lowest BCUT2D eigenvalue weighted by Gasteiger charge is -2.35. The molecule has 7 rings (SSSR count). The molecule has 4 aromatic rings. The van der Waals surface area contributed by atoms with E-state index in [-0.39, 0.29) is 69.2 Å². The van der Waals surface area contributed by atoms with Gasteiger partial charge in [0, 0.05) is 31.3 Å². The number of rotatable bonds is 17. The summed E-state index contributed by atoms with van der Waals surface area (Å²) >= 11 is 7.17. The molecule has 15 nitrogen and oxygen atoms in total. The van der Waals surface area contributed by atoms with Gasteiger partial charge in [0.1, 0.15) is 42.3 Å². The van der Waals surface area contributed by atoms with E-state index in [4.69, 9.17) is 26.4 Å². The summed E-state index contributed by atoms with van der Waals surface area (Å²) in [6.07, 6.45) is -4.31. The summed E-state index contributed by atoms with van der Waals surface area (Å²) in [4.78, 5) is 65.2. The summed E-state index contributed by atoms with van der Waals surface area (Å²) in [6, 6.07) is 17.2. The third-order valence-electron chi connectivity index (χ3n) is 11.9. The predicted molar refractivity (Wildman–Crippen MR) is 250 cm³/mol. The summed E-state index contributed by atoms with van der Waals surface area (Å²) < 4.78 is 58.5. The van der Waals surface area contributed by atoms with Gasteiger partial charge in [-0.25, -0.2) is 4.98 Å². The molecular weight excluding hydrogens is 924 g/mol. The van der Waals surface area contributed by atoms with Crippen LogP contribution >= 0.6 is 23.6 Å². The monoisotopic (exact) mass is 973 g/mol. The maximum absolute atomic E-state index is 14.1. The molecule has 2 N–H and O–H groups in total. The normalized spacial score (nSPS) is 18.6. The zero-order chi connectivity index (χ0) is 49.1. The molecule has 3 atom stereocenters. The number of benzene rings is 3. The Morgan fingerprint density at radius 1 is 1.01 bits per heavy atom. The number of amides is 4. The van der Waals surface area contributed by atoms with Gasteiger partial charge in [0.25, 0.3) is 11.8 Å². The quantitative estimate of drug-likeness (QED) is 0.0885. The number of likely N-dealkylation sites (tertiary alicyclic amines) is 1. The van der Waals surface area contributed by atoms with Crippen LogP contribution in [0.1, 0.15) is 56.5 Å². The molecule has 0 saturated carbocycles. The van der Waals surface area contributed by atoms with Crippen molar-refractivity contribution < 1.29 is 51.7 Å². The van der Waals surface area contributed by atoms with Crippen LogP contribution in [0.4, 0.5) is 24.5 Å². The van der Waals surface area contributed by atoms with E-state index in [0.717, 1.165) is 38.7 Å². The highest BCUT2D eigenvalue weighted by molar-refractivity contribution is 7.81. The first-order valence-corrected chi connectivity index (χ1v) is 23.1. The number of thiocarbonyl (C=S) groups is 1. The maximum Gasteiger partial charge on any atom is 0.417 e. The Kier molecular flexibility index (Phi) is 14.9. The molecule has 3 aromatic carbocycles. The van der Waals surface area contributed by atoms with Crippen LogP contribution < -0.4 is 19.9 Å².